The second kappa shape index (κ2) is 5.88. The van der Waals surface area contributed by atoms with Gasteiger partial charge in [-0.25, -0.2) is 8.42 Å². The molecule has 0 atom stereocenters. The molecule has 2 aromatic rings. The van der Waals surface area contributed by atoms with Crippen LogP contribution in [0, 0.1) is 10.5 Å². The highest BCUT2D eigenvalue weighted by Gasteiger charge is 2.18. The summed E-state index contributed by atoms with van der Waals surface area (Å²) >= 11 is 12.4. The third-order valence-electron chi connectivity index (χ3n) is 2.27. The fourth-order valence-electron chi connectivity index (χ4n) is 1.33. The average molecular weight is 493 g/mol. The molecule has 0 fully saturated rings. The van der Waals surface area contributed by atoms with Crippen molar-refractivity contribution >= 4 is 77.2 Å². The molecular formula is C11H8BrClINO2S2. The van der Waals surface area contributed by atoms with Crippen LogP contribution >= 0.6 is 61.5 Å². The maximum Gasteiger partial charge on any atom is 0.271 e. The molecule has 0 spiro atoms. The highest BCUT2D eigenvalue weighted by molar-refractivity contribution is 14.1. The maximum atomic E-state index is 12.2. The Hall–Kier alpha value is 0.170. The molecule has 0 unspecified atom stereocenters. The second-order valence-corrected chi connectivity index (χ2v) is 9.34. The summed E-state index contributed by atoms with van der Waals surface area (Å²) in [5.41, 5.74) is 1.28. The Morgan fingerprint density at radius 2 is 2.05 bits per heavy atom. The monoisotopic (exact) mass is 491 g/mol. The highest BCUT2D eigenvalue weighted by atomic mass is 127. The quantitative estimate of drug-likeness (QED) is 0.621. The normalized spacial score (nSPS) is 11.6. The van der Waals surface area contributed by atoms with Crippen molar-refractivity contribution in [2.75, 3.05) is 4.72 Å². The smallest absolute Gasteiger partial charge is 0.271 e. The van der Waals surface area contributed by atoms with E-state index in [1.807, 2.05) is 0 Å². The Balaban J connectivity index is 2.33. The van der Waals surface area contributed by atoms with Crippen molar-refractivity contribution in [1.29, 1.82) is 0 Å². The lowest BCUT2D eigenvalue weighted by Gasteiger charge is -2.07. The maximum absolute atomic E-state index is 12.2. The summed E-state index contributed by atoms with van der Waals surface area (Å²) in [6.07, 6.45) is 0. The highest BCUT2D eigenvalue weighted by Crippen LogP contribution is 2.31. The van der Waals surface area contributed by atoms with Gasteiger partial charge in [-0.1, -0.05) is 11.6 Å². The molecule has 0 aliphatic rings. The number of aryl methyl sites for hydroxylation is 1. The molecule has 3 nitrogen and oxygen atoms in total. The van der Waals surface area contributed by atoms with Crippen molar-refractivity contribution in [3.63, 3.8) is 0 Å². The summed E-state index contributed by atoms with van der Waals surface area (Å²) in [6.45, 7) is 1.78. The zero-order valence-corrected chi connectivity index (χ0v) is 15.7. The van der Waals surface area contributed by atoms with Gasteiger partial charge in [0, 0.05) is 13.7 Å². The average Bonchev–Trinajstić information content (AvgIpc) is 2.65. The molecule has 0 radical (unpaired) electrons. The molecule has 1 heterocycles. The molecule has 0 aliphatic heterocycles. The molecule has 0 amide bonds. The fourth-order valence-corrected chi connectivity index (χ4v) is 4.85. The van der Waals surface area contributed by atoms with Crippen LogP contribution in [0.3, 0.4) is 0 Å². The standard InChI is InChI=1S/C11H8BrClINO2S2/c1-6-4-10(18-11(6)13)19(16,17)15-7-2-3-8(12)9(14)5-7/h2-5,15H,1H3. The topological polar surface area (TPSA) is 46.2 Å². The van der Waals surface area contributed by atoms with Gasteiger partial charge in [0.15, 0.2) is 0 Å². The number of anilines is 1. The predicted octanol–water partition coefficient (Wildman–Crippen LogP) is 4.88. The number of sulfonamides is 1. The third kappa shape index (κ3) is 3.63. The van der Waals surface area contributed by atoms with Crippen molar-refractivity contribution in [2.45, 2.75) is 11.1 Å². The van der Waals surface area contributed by atoms with Crippen LogP contribution in [0.1, 0.15) is 5.56 Å². The minimum atomic E-state index is -3.58. The van der Waals surface area contributed by atoms with E-state index in [2.05, 4.69) is 43.2 Å². The van der Waals surface area contributed by atoms with Crippen molar-refractivity contribution in [1.82, 2.24) is 0 Å². The van der Waals surface area contributed by atoms with E-state index in [-0.39, 0.29) is 4.21 Å². The van der Waals surface area contributed by atoms with Crippen LogP contribution < -0.4 is 4.72 Å². The lowest BCUT2D eigenvalue weighted by Crippen LogP contribution is -2.11. The second-order valence-electron chi connectivity index (χ2n) is 3.76. The van der Waals surface area contributed by atoms with Gasteiger partial charge in [0.05, 0.1) is 4.34 Å². The Morgan fingerprint density at radius 3 is 2.58 bits per heavy atom. The van der Waals surface area contributed by atoms with Crippen molar-refractivity contribution < 1.29 is 8.42 Å². The first-order valence-electron chi connectivity index (χ1n) is 5.03. The summed E-state index contributed by atoms with van der Waals surface area (Å²) in [5.74, 6) is 0. The third-order valence-corrected chi connectivity index (χ3v) is 8.01. The molecule has 0 bridgehead atoms. The van der Waals surface area contributed by atoms with Crippen LogP contribution in [-0.2, 0) is 10.0 Å². The summed E-state index contributed by atoms with van der Waals surface area (Å²) in [5, 5.41) is 0. The molecule has 0 aliphatic carbocycles. The van der Waals surface area contributed by atoms with Gasteiger partial charge < -0.3 is 0 Å². The Morgan fingerprint density at radius 1 is 1.37 bits per heavy atom. The Labute approximate surface area is 142 Å². The molecule has 102 valence electrons. The number of hydrogen-bond acceptors (Lipinski definition) is 3. The molecule has 1 aromatic heterocycles. The van der Waals surface area contributed by atoms with Crippen molar-refractivity contribution in [2.24, 2.45) is 0 Å². The molecule has 2 rings (SSSR count). The van der Waals surface area contributed by atoms with Crippen LogP contribution in [-0.4, -0.2) is 8.42 Å². The number of thiophene rings is 1. The minimum absolute atomic E-state index is 0.216. The number of halogens is 3. The number of hydrogen-bond donors (Lipinski definition) is 1. The van der Waals surface area contributed by atoms with Crippen LogP contribution in [0.2, 0.25) is 4.34 Å². The molecular weight excluding hydrogens is 485 g/mol. The molecule has 19 heavy (non-hydrogen) atoms. The summed E-state index contributed by atoms with van der Waals surface area (Å²) in [6, 6.07) is 6.82. The van der Waals surface area contributed by atoms with E-state index < -0.39 is 10.0 Å². The molecule has 1 aromatic carbocycles. The van der Waals surface area contributed by atoms with Crippen LogP contribution in [0.4, 0.5) is 5.69 Å². The van der Waals surface area contributed by atoms with Crippen molar-refractivity contribution in [3.05, 3.63) is 42.2 Å². The van der Waals surface area contributed by atoms with Crippen molar-refractivity contribution in [3.8, 4) is 0 Å². The van der Waals surface area contributed by atoms with Crippen LogP contribution in [0.15, 0.2) is 32.9 Å². The number of rotatable bonds is 3. The van der Waals surface area contributed by atoms with E-state index in [0.29, 0.717) is 10.0 Å². The first kappa shape index (κ1) is 15.6. The number of benzene rings is 1. The molecule has 1 N–H and O–H groups in total. The molecule has 0 saturated carbocycles. The van der Waals surface area contributed by atoms with Gasteiger partial charge in [0.2, 0.25) is 0 Å². The lowest BCUT2D eigenvalue weighted by molar-refractivity contribution is 0.603. The largest absolute Gasteiger partial charge is 0.279 e. The SMILES string of the molecule is Cc1cc(S(=O)(=O)Nc2ccc(Br)c(I)c2)sc1Cl. The minimum Gasteiger partial charge on any atom is -0.279 e. The van der Waals surface area contributed by atoms with E-state index in [1.54, 1.807) is 31.2 Å². The first-order chi connectivity index (χ1) is 8.79. The molecule has 0 saturated heterocycles. The summed E-state index contributed by atoms with van der Waals surface area (Å²) in [7, 11) is -3.58. The lowest BCUT2D eigenvalue weighted by atomic mass is 10.3. The van der Waals surface area contributed by atoms with Gasteiger partial charge in [-0.3, -0.25) is 4.72 Å². The van der Waals surface area contributed by atoms with E-state index in [4.69, 9.17) is 11.6 Å². The predicted molar refractivity (Wildman–Crippen MR) is 91.7 cm³/mol. The summed E-state index contributed by atoms with van der Waals surface area (Å²) in [4.78, 5) is 0. The number of nitrogens with one attached hydrogen (secondary N) is 1. The van der Waals surface area contributed by atoms with Crippen LogP contribution in [0.5, 0.6) is 0 Å². The zero-order chi connectivity index (χ0) is 14.2. The van der Waals surface area contributed by atoms with E-state index in [0.717, 1.165) is 24.9 Å². The van der Waals surface area contributed by atoms with Gasteiger partial charge in [-0.05, 0) is 75.3 Å². The zero-order valence-electron chi connectivity index (χ0n) is 9.58. The van der Waals surface area contributed by atoms with E-state index in [9.17, 15) is 8.42 Å². The van der Waals surface area contributed by atoms with Crippen LogP contribution in [0.25, 0.3) is 0 Å². The van der Waals surface area contributed by atoms with E-state index >= 15 is 0 Å². The van der Waals surface area contributed by atoms with E-state index in [1.165, 1.54) is 0 Å². The van der Waals surface area contributed by atoms with Gasteiger partial charge in [-0.15, -0.1) is 11.3 Å². The van der Waals surface area contributed by atoms with Gasteiger partial charge >= 0.3 is 0 Å². The van der Waals surface area contributed by atoms with Gasteiger partial charge in [0.1, 0.15) is 4.21 Å². The Bertz CT molecular complexity index is 711. The molecule has 8 heteroatoms. The van der Waals surface area contributed by atoms with Gasteiger partial charge in [0.25, 0.3) is 10.0 Å². The first-order valence-corrected chi connectivity index (χ1v) is 9.58. The van der Waals surface area contributed by atoms with Gasteiger partial charge in [-0.2, -0.15) is 0 Å². The Kier molecular flexibility index (Phi) is 4.82. The summed E-state index contributed by atoms with van der Waals surface area (Å²) < 4.78 is 29.5. The fraction of sp³-hybridized carbons (Fsp3) is 0.0909.